The molecule has 28 heavy (non-hydrogen) atoms. The summed E-state index contributed by atoms with van der Waals surface area (Å²) in [4.78, 5) is 15.3. The van der Waals surface area contributed by atoms with Gasteiger partial charge < -0.3 is 20.3 Å². The summed E-state index contributed by atoms with van der Waals surface area (Å²) in [5.74, 6) is -1.64. The molecule has 1 aliphatic heterocycles. The summed E-state index contributed by atoms with van der Waals surface area (Å²) in [7, 11) is 0. The molecule has 2 atom stereocenters. The molecule has 1 aromatic heterocycles. The Morgan fingerprint density at radius 3 is 2.29 bits per heavy atom. The van der Waals surface area contributed by atoms with Crippen molar-refractivity contribution < 1.29 is 32.9 Å². The van der Waals surface area contributed by atoms with Crippen LogP contribution in [-0.2, 0) is 15.1 Å². The Labute approximate surface area is 159 Å². The van der Waals surface area contributed by atoms with Crippen LogP contribution in [0.25, 0.3) is 11.1 Å². The molecule has 9 heteroatoms. The topological polar surface area (TPSA) is 91.7 Å². The van der Waals surface area contributed by atoms with Crippen molar-refractivity contribution in [2.24, 2.45) is 0 Å². The zero-order valence-electron chi connectivity index (χ0n) is 14.7. The van der Waals surface area contributed by atoms with Crippen LogP contribution in [-0.4, -0.2) is 53.5 Å². The maximum absolute atomic E-state index is 13.1. The van der Waals surface area contributed by atoms with E-state index in [1.54, 1.807) is 35.8 Å². The number of nitrogens with zero attached hydrogens (tertiary/aromatic N) is 1. The number of halogens is 3. The first-order valence-corrected chi connectivity index (χ1v) is 8.53. The van der Waals surface area contributed by atoms with E-state index < -0.39 is 36.8 Å². The average Bonchev–Trinajstić information content (AvgIpc) is 2.69. The molecule has 6 nitrogen and oxygen atoms in total. The van der Waals surface area contributed by atoms with Crippen molar-refractivity contribution in [1.29, 1.82) is 0 Å². The fourth-order valence-corrected chi connectivity index (χ4v) is 2.84. The lowest BCUT2D eigenvalue weighted by atomic mass is 9.95. The maximum Gasteiger partial charge on any atom is 0.315 e. The number of alkyl halides is 3. The van der Waals surface area contributed by atoms with Gasteiger partial charge in [-0.25, -0.2) is 4.39 Å². The van der Waals surface area contributed by atoms with Crippen molar-refractivity contribution in [3.05, 3.63) is 53.9 Å². The van der Waals surface area contributed by atoms with Crippen molar-refractivity contribution >= 4 is 5.91 Å². The van der Waals surface area contributed by atoms with Gasteiger partial charge in [0, 0.05) is 11.8 Å². The highest BCUT2D eigenvalue weighted by atomic mass is 19.3. The van der Waals surface area contributed by atoms with Gasteiger partial charge in [0.2, 0.25) is 0 Å². The lowest BCUT2D eigenvalue weighted by Crippen LogP contribution is -2.47. The molecule has 1 aromatic carbocycles. The molecule has 150 valence electrons. The minimum Gasteiger partial charge on any atom is -0.386 e. The summed E-state index contributed by atoms with van der Waals surface area (Å²) in [5.41, 5.74) is 1.22. The van der Waals surface area contributed by atoms with Crippen LogP contribution in [0.3, 0.4) is 0 Å². The summed E-state index contributed by atoms with van der Waals surface area (Å²) < 4.78 is 42.7. The van der Waals surface area contributed by atoms with Gasteiger partial charge in [0.25, 0.3) is 5.91 Å². The summed E-state index contributed by atoms with van der Waals surface area (Å²) >= 11 is 0. The normalized spacial score (nSPS) is 17.6. The fourth-order valence-electron chi connectivity index (χ4n) is 2.84. The van der Waals surface area contributed by atoms with Crippen molar-refractivity contribution in [2.75, 3.05) is 19.9 Å². The van der Waals surface area contributed by atoms with E-state index in [1.165, 1.54) is 12.1 Å². The first kappa shape index (κ1) is 20.2. The van der Waals surface area contributed by atoms with Gasteiger partial charge in [0.05, 0.1) is 24.9 Å². The minimum atomic E-state index is -3.29. The number of ether oxygens (including phenoxy) is 1. The van der Waals surface area contributed by atoms with Crippen molar-refractivity contribution in [3.63, 3.8) is 0 Å². The molecule has 1 aliphatic rings. The third-order valence-electron chi connectivity index (χ3n) is 4.58. The molecule has 2 heterocycles. The van der Waals surface area contributed by atoms with Crippen molar-refractivity contribution in [1.82, 2.24) is 10.3 Å². The zero-order valence-corrected chi connectivity index (χ0v) is 14.7. The summed E-state index contributed by atoms with van der Waals surface area (Å²) in [6.45, 7) is -0.799. The number of aromatic nitrogens is 1. The number of hydrogen-bond donors (Lipinski definition) is 3. The average molecular weight is 396 g/mol. The Morgan fingerprint density at radius 1 is 1.18 bits per heavy atom. The first-order chi connectivity index (χ1) is 13.3. The number of rotatable bonds is 7. The third-order valence-corrected chi connectivity index (χ3v) is 4.58. The molecule has 3 N–H and O–H groups in total. The van der Waals surface area contributed by atoms with E-state index in [-0.39, 0.29) is 18.8 Å². The molecule has 0 saturated carbocycles. The molecule has 0 spiro atoms. The number of amides is 1. The van der Waals surface area contributed by atoms with Crippen molar-refractivity contribution in [3.8, 4) is 11.1 Å². The number of aliphatic hydroxyl groups is 2. The van der Waals surface area contributed by atoms with E-state index in [1.807, 2.05) is 0 Å². The Balaban J connectivity index is 1.71. The smallest absolute Gasteiger partial charge is 0.315 e. The number of carbonyl (C=O) groups excluding carboxylic acids is 1. The Bertz CT molecular complexity index is 811. The van der Waals surface area contributed by atoms with E-state index in [0.717, 1.165) is 11.1 Å². The lowest BCUT2D eigenvalue weighted by Gasteiger charge is -2.35. The van der Waals surface area contributed by atoms with Gasteiger partial charge in [-0.05, 0) is 17.2 Å². The van der Waals surface area contributed by atoms with Crippen LogP contribution in [0.5, 0.6) is 0 Å². The highest BCUT2D eigenvalue weighted by Crippen LogP contribution is 2.29. The SMILES string of the molecule is O=C(NC(CF)C(O)c1ccc(-c2ccc(C3(O)COC3)nc2)cc1)C(F)F. The van der Waals surface area contributed by atoms with Gasteiger partial charge in [-0.15, -0.1) is 0 Å². The van der Waals surface area contributed by atoms with E-state index in [9.17, 15) is 28.2 Å². The molecular weight excluding hydrogens is 377 g/mol. The van der Waals surface area contributed by atoms with Gasteiger partial charge in [-0.2, -0.15) is 8.78 Å². The van der Waals surface area contributed by atoms with E-state index in [2.05, 4.69) is 4.98 Å². The molecular formula is C19H19F3N2O4. The Kier molecular flexibility index (Phi) is 5.97. The third kappa shape index (κ3) is 4.16. The Hall–Kier alpha value is -2.49. The summed E-state index contributed by atoms with van der Waals surface area (Å²) in [6, 6.07) is 8.33. The number of benzene rings is 1. The molecule has 1 amide bonds. The minimum absolute atomic E-state index is 0.198. The van der Waals surface area contributed by atoms with E-state index in [4.69, 9.17) is 4.74 Å². The van der Waals surface area contributed by atoms with Gasteiger partial charge in [0.15, 0.2) is 5.60 Å². The second kappa shape index (κ2) is 8.26. The second-order valence-corrected chi connectivity index (χ2v) is 6.59. The number of carbonyl (C=O) groups is 1. The molecule has 1 saturated heterocycles. The molecule has 0 aliphatic carbocycles. The van der Waals surface area contributed by atoms with Crippen LogP contribution in [0, 0.1) is 0 Å². The molecule has 0 bridgehead atoms. The number of aliphatic hydroxyl groups excluding tert-OH is 1. The predicted octanol–water partition coefficient (Wildman–Crippen LogP) is 1.72. The van der Waals surface area contributed by atoms with Gasteiger partial charge >= 0.3 is 6.43 Å². The highest BCUT2D eigenvalue weighted by Gasteiger charge is 2.39. The predicted molar refractivity (Wildman–Crippen MR) is 93.3 cm³/mol. The van der Waals surface area contributed by atoms with Crippen LogP contribution in [0.1, 0.15) is 17.4 Å². The Morgan fingerprint density at radius 2 is 1.82 bits per heavy atom. The van der Waals surface area contributed by atoms with Gasteiger partial charge in [-0.1, -0.05) is 30.3 Å². The maximum atomic E-state index is 13.1. The number of hydrogen-bond acceptors (Lipinski definition) is 5. The molecule has 2 unspecified atom stereocenters. The van der Waals surface area contributed by atoms with E-state index >= 15 is 0 Å². The van der Waals surface area contributed by atoms with Gasteiger partial charge in [0.1, 0.15) is 12.8 Å². The quantitative estimate of drug-likeness (QED) is 0.663. The highest BCUT2D eigenvalue weighted by molar-refractivity contribution is 5.79. The summed E-state index contributed by atoms with van der Waals surface area (Å²) in [5, 5.41) is 22.2. The molecule has 2 aromatic rings. The standard InChI is InChI=1S/C19H19F3N2O4/c20-7-14(24-18(26)17(21)22)16(25)12-3-1-11(2-4-12)13-5-6-15(23-8-13)19(27)9-28-10-19/h1-6,8,14,16-17,25,27H,7,9-10H2,(H,24,26). The van der Waals surface area contributed by atoms with Gasteiger partial charge in [-0.3, -0.25) is 9.78 Å². The number of nitrogens with one attached hydrogen (secondary N) is 1. The molecule has 1 fully saturated rings. The first-order valence-electron chi connectivity index (χ1n) is 8.53. The fraction of sp³-hybridized carbons (Fsp3) is 0.368. The molecule has 3 rings (SSSR count). The van der Waals surface area contributed by atoms with Crippen LogP contribution < -0.4 is 5.32 Å². The van der Waals surface area contributed by atoms with Crippen LogP contribution in [0.15, 0.2) is 42.6 Å². The molecule has 0 radical (unpaired) electrons. The monoisotopic (exact) mass is 396 g/mol. The van der Waals surface area contributed by atoms with Crippen LogP contribution in [0.2, 0.25) is 0 Å². The van der Waals surface area contributed by atoms with Crippen LogP contribution in [0.4, 0.5) is 13.2 Å². The van der Waals surface area contributed by atoms with Crippen LogP contribution >= 0.6 is 0 Å². The second-order valence-electron chi connectivity index (χ2n) is 6.59. The van der Waals surface area contributed by atoms with E-state index in [0.29, 0.717) is 5.69 Å². The summed E-state index contributed by atoms with van der Waals surface area (Å²) in [6.07, 6.45) is -3.18. The largest absolute Gasteiger partial charge is 0.386 e. The number of pyridine rings is 1. The zero-order chi connectivity index (χ0) is 20.3. The lowest BCUT2D eigenvalue weighted by molar-refractivity contribution is -0.186. The van der Waals surface area contributed by atoms with Crippen molar-refractivity contribution in [2.45, 2.75) is 24.2 Å².